The number of carbonyl (C=O) groups is 1. The number of hydrogen-bond acceptors (Lipinski definition) is 3. The third-order valence-corrected chi connectivity index (χ3v) is 5.01. The van der Waals surface area contributed by atoms with Gasteiger partial charge in [-0.1, -0.05) is 30.3 Å². The minimum absolute atomic E-state index is 0. The first-order chi connectivity index (χ1) is 12.8. The Morgan fingerprint density at radius 1 is 1.15 bits per heavy atom. The molecule has 1 amide bonds. The molecule has 1 aromatic heterocycles. The molecule has 1 atom stereocenters. The molecule has 0 spiro atoms. The molecular formula is C21H25ClN4O. The molecule has 2 aromatic carbocycles. The Labute approximate surface area is 165 Å². The molecule has 1 aliphatic carbocycles. The normalized spacial score (nSPS) is 14.6. The zero-order valence-electron chi connectivity index (χ0n) is 15.2. The number of aromatic nitrogens is 2. The molecule has 6 heteroatoms. The third-order valence-electron chi connectivity index (χ3n) is 5.01. The van der Waals surface area contributed by atoms with Crippen LogP contribution in [0, 0.1) is 5.92 Å². The van der Waals surface area contributed by atoms with Crippen LogP contribution in [0.15, 0.2) is 54.6 Å². The quantitative estimate of drug-likeness (QED) is 0.656. The van der Waals surface area contributed by atoms with Crippen molar-refractivity contribution in [3.8, 4) is 5.69 Å². The van der Waals surface area contributed by atoms with Gasteiger partial charge in [0.05, 0.1) is 11.0 Å². The second kappa shape index (κ2) is 8.55. The topological polar surface area (TPSA) is 72.9 Å². The summed E-state index contributed by atoms with van der Waals surface area (Å²) in [5.41, 5.74) is 8.86. The number of nitrogens with two attached hydrogens (primary N) is 1. The molecule has 1 unspecified atom stereocenters. The highest BCUT2D eigenvalue weighted by atomic mass is 35.5. The van der Waals surface area contributed by atoms with Crippen molar-refractivity contribution >= 4 is 29.3 Å². The molecule has 27 heavy (non-hydrogen) atoms. The van der Waals surface area contributed by atoms with E-state index in [0.29, 0.717) is 25.3 Å². The lowest BCUT2D eigenvalue weighted by molar-refractivity contribution is -0.121. The molecule has 5 nitrogen and oxygen atoms in total. The van der Waals surface area contributed by atoms with Crippen LogP contribution in [0.2, 0.25) is 0 Å². The van der Waals surface area contributed by atoms with Crippen molar-refractivity contribution in [2.45, 2.75) is 31.7 Å². The van der Waals surface area contributed by atoms with E-state index >= 15 is 0 Å². The van der Waals surface area contributed by atoms with Crippen LogP contribution in [0.1, 0.15) is 25.1 Å². The molecule has 3 aromatic rings. The van der Waals surface area contributed by atoms with Crippen molar-refractivity contribution in [1.29, 1.82) is 0 Å². The van der Waals surface area contributed by atoms with Crippen molar-refractivity contribution < 1.29 is 4.79 Å². The van der Waals surface area contributed by atoms with Gasteiger partial charge in [-0.15, -0.1) is 12.4 Å². The number of rotatable bonds is 7. The predicted octanol–water partition coefficient (Wildman–Crippen LogP) is 3.23. The monoisotopic (exact) mass is 384 g/mol. The fraction of sp³-hybridized carbons (Fsp3) is 0.333. The summed E-state index contributed by atoms with van der Waals surface area (Å²) in [5.74, 6) is 1.53. The van der Waals surface area contributed by atoms with E-state index in [4.69, 9.17) is 10.7 Å². The highest BCUT2D eigenvalue weighted by Gasteiger charge is 2.31. The van der Waals surface area contributed by atoms with Gasteiger partial charge in [0.15, 0.2) is 0 Å². The Balaban J connectivity index is 0.00000210. The molecular weight excluding hydrogens is 360 g/mol. The van der Waals surface area contributed by atoms with Gasteiger partial charge in [-0.2, -0.15) is 0 Å². The standard InChI is InChI=1S/C21H24N4O.ClH/c22-14-18(15-10-11-15)24-21(26)13-12-20-23-17-8-4-5-9-19(17)25(20)16-6-2-1-3-7-16;/h1-9,15,18H,10-14,22H2,(H,24,26);1H. The summed E-state index contributed by atoms with van der Waals surface area (Å²) in [6.07, 6.45) is 3.36. The molecule has 142 valence electrons. The summed E-state index contributed by atoms with van der Waals surface area (Å²) in [6.45, 7) is 0.513. The van der Waals surface area contributed by atoms with E-state index in [-0.39, 0.29) is 24.4 Å². The third kappa shape index (κ3) is 4.31. The van der Waals surface area contributed by atoms with Crippen LogP contribution in [-0.4, -0.2) is 28.0 Å². The number of carbonyl (C=O) groups excluding carboxylic acids is 1. The first-order valence-electron chi connectivity index (χ1n) is 9.27. The number of nitrogens with zero attached hydrogens (tertiary/aromatic N) is 2. The van der Waals surface area contributed by atoms with Gasteiger partial charge in [-0.3, -0.25) is 9.36 Å². The molecule has 4 rings (SSSR count). The van der Waals surface area contributed by atoms with Gasteiger partial charge in [0.1, 0.15) is 5.82 Å². The average molecular weight is 385 g/mol. The zero-order valence-corrected chi connectivity index (χ0v) is 16.0. The van der Waals surface area contributed by atoms with Crippen molar-refractivity contribution in [3.63, 3.8) is 0 Å². The predicted molar refractivity (Wildman–Crippen MR) is 110 cm³/mol. The number of fused-ring (bicyclic) bond motifs is 1. The summed E-state index contributed by atoms with van der Waals surface area (Å²) in [4.78, 5) is 17.1. The lowest BCUT2D eigenvalue weighted by Gasteiger charge is -2.16. The number of benzene rings is 2. The number of hydrogen-bond donors (Lipinski definition) is 2. The van der Waals surface area contributed by atoms with Crippen LogP contribution >= 0.6 is 12.4 Å². The van der Waals surface area contributed by atoms with E-state index in [2.05, 4.69) is 28.1 Å². The largest absolute Gasteiger partial charge is 0.352 e. The van der Waals surface area contributed by atoms with Gasteiger partial charge in [-0.05, 0) is 43.0 Å². The van der Waals surface area contributed by atoms with Crippen molar-refractivity contribution in [3.05, 3.63) is 60.4 Å². The molecule has 0 aliphatic heterocycles. The number of imidazole rings is 1. The van der Waals surface area contributed by atoms with Crippen molar-refractivity contribution in [1.82, 2.24) is 14.9 Å². The van der Waals surface area contributed by atoms with Gasteiger partial charge in [0.2, 0.25) is 5.91 Å². The number of aryl methyl sites for hydroxylation is 1. The summed E-state index contributed by atoms with van der Waals surface area (Å²) in [6, 6.07) is 18.4. The van der Waals surface area contributed by atoms with Crippen molar-refractivity contribution in [2.24, 2.45) is 11.7 Å². The first-order valence-corrected chi connectivity index (χ1v) is 9.27. The summed E-state index contributed by atoms with van der Waals surface area (Å²) < 4.78 is 2.14. The summed E-state index contributed by atoms with van der Waals surface area (Å²) in [5, 5.41) is 3.09. The van der Waals surface area contributed by atoms with Gasteiger partial charge in [0, 0.05) is 31.1 Å². The molecule has 1 heterocycles. The molecule has 0 radical (unpaired) electrons. The molecule has 3 N–H and O–H groups in total. The fourth-order valence-corrected chi connectivity index (χ4v) is 3.48. The van der Waals surface area contributed by atoms with E-state index in [1.807, 2.05) is 36.4 Å². The SMILES string of the molecule is Cl.NCC(NC(=O)CCc1nc2ccccc2n1-c1ccccc1)C1CC1. The van der Waals surface area contributed by atoms with E-state index in [9.17, 15) is 4.79 Å². The van der Waals surface area contributed by atoms with Crippen LogP contribution in [0.25, 0.3) is 16.7 Å². The van der Waals surface area contributed by atoms with E-state index in [1.54, 1.807) is 0 Å². The Hall–Kier alpha value is -2.37. The minimum atomic E-state index is 0. The van der Waals surface area contributed by atoms with E-state index in [0.717, 1.165) is 22.5 Å². The van der Waals surface area contributed by atoms with Crippen LogP contribution in [0.4, 0.5) is 0 Å². The van der Waals surface area contributed by atoms with Crippen LogP contribution in [-0.2, 0) is 11.2 Å². The van der Waals surface area contributed by atoms with Gasteiger partial charge >= 0.3 is 0 Å². The zero-order chi connectivity index (χ0) is 17.9. The summed E-state index contributed by atoms with van der Waals surface area (Å²) in [7, 11) is 0. The van der Waals surface area contributed by atoms with Gasteiger partial charge in [-0.25, -0.2) is 4.98 Å². The summed E-state index contributed by atoms with van der Waals surface area (Å²) >= 11 is 0. The maximum atomic E-state index is 12.4. The lowest BCUT2D eigenvalue weighted by atomic mass is 10.1. The second-order valence-corrected chi connectivity index (χ2v) is 6.93. The Morgan fingerprint density at radius 3 is 2.56 bits per heavy atom. The van der Waals surface area contributed by atoms with Gasteiger partial charge < -0.3 is 11.1 Å². The first kappa shape index (κ1) is 19.4. The average Bonchev–Trinajstić information content (AvgIpc) is 3.45. The molecule has 0 bridgehead atoms. The van der Waals surface area contributed by atoms with Crippen LogP contribution in [0.5, 0.6) is 0 Å². The molecule has 1 aliphatic rings. The second-order valence-electron chi connectivity index (χ2n) is 6.93. The number of para-hydroxylation sites is 3. The highest BCUT2D eigenvalue weighted by Crippen LogP contribution is 2.32. The smallest absolute Gasteiger partial charge is 0.220 e. The molecule has 0 saturated heterocycles. The maximum absolute atomic E-state index is 12.4. The fourth-order valence-electron chi connectivity index (χ4n) is 3.48. The van der Waals surface area contributed by atoms with Crippen LogP contribution < -0.4 is 11.1 Å². The minimum Gasteiger partial charge on any atom is -0.352 e. The van der Waals surface area contributed by atoms with Gasteiger partial charge in [0.25, 0.3) is 0 Å². The van der Waals surface area contributed by atoms with Crippen LogP contribution in [0.3, 0.4) is 0 Å². The number of halogens is 1. The lowest BCUT2D eigenvalue weighted by Crippen LogP contribution is -2.41. The van der Waals surface area contributed by atoms with Crippen molar-refractivity contribution in [2.75, 3.05) is 6.54 Å². The maximum Gasteiger partial charge on any atom is 0.220 e. The number of nitrogens with one attached hydrogen (secondary N) is 1. The molecule has 1 fully saturated rings. The Morgan fingerprint density at radius 2 is 1.85 bits per heavy atom. The van der Waals surface area contributed by atoms with E-state index < -0.39 is 0 Å². The molecule has 1 saturated carbocycles. The Kier molecular flexibility index (Phi) is 6.14. The number of amides is 1. The van der Waals surface area contributed by atoms with E-state index in [1.165, 1.54) is 12.8 Å². The highest BCUT2D eigenvalue weighted by molar-refractivity contribution is 5.85. The Bertz CT molecular complexity index is 905.